The van der Waals surface area contributed by atoms with Crippen LogP contribution in [-0.2, 0) is 6.54 Å². The number of hydrogen-bond acceptors (Lipinski definition) is 3. The molecule has 88 valence electrons. The molecule has 0 aliphatic heterocycles. The number of hydrogen-bond donors (Lipinski definition) is 2. The number of rotatable bonds is 3. The first-order chi connectivity index (χ1) is 8.16. The van der Waals surface area contributed by atoms with Gasteiger partial charge in [0.1, 0.15) is 0 Å². The maximum Gasteiger partial charge on any atom is 0.0623 e. The topological polar surface area (TPSA) is 50.9 Å². The molecule has 17 heavy (non-hydrogen) atoms. The van der Waals surface area contributed by atoms with Crippen molar-refractivity contribution in [2.24, 2.45) is 0 Å². The molecule has 0 radical (unpaired) electrons. The second kappa shape index (κ2) is 5.19. The number of halogens is 1. The van der Waals surface area contributed by atoms with Gasteiger partial charge < -0.3 is 11.1 Å². The van der Waals surface area contributed by atoms with Crippen LogP contribution in [-0.4, -0.2) is 4.98 Å². The third-order valence-corrected chi connectivity index (χ3v) is 3.07. The number of nitrogen functional groups attached to an aromatic ring is 1. The molecule has 4 heteroatoms. The van der Waals surface area contributed by atoms with Gasteiger partial charge in [0.15, 0.2) is 0 Å². The lowest BCUT2D eigenvalue weighted by molar-refractivity contribution is 1.02. The molecule has 0 bridgehead atoms. The van der Waals surface area contributed by atoms with Gasteiger partial charge in [0.2, 0.25) is 0 Å². The van der Waals surface area contributed by atoms with Crippen LogP contribution in [0.5, 0.6) is 0 Å². The van der Waals surface area contributed by atoms with Crippen LogP contribution in [0.25, 0.3) is 0 Å². The summed E-state index contributed by atoms with van der Waals surface area (Å²) in [4.78, 5) is 4.33. The average molecular weight is 292 g/mol. The Morgan fingerprint density at radius 3 is 2.88 bits per heavy atom. The molecule has 0 aliphatic carbocycles. The van der Waals surface area contributed by atoms with Gasteiger partial charge in [-0.1, -0.05) is 22.0 Å². The highest BCUT2D eigenvalue weighted by atomic mass is 79.9. The summed E-state index contributed by atoms with van der Waals surface area (Å²) in [6, 6.07) is 9.79. The van der Waals surface area contributed by atoms with Crippen molar-refractivity contribution in [2.75, 3.05) is 11.1 Å². The molecular formula is C13H14BrN3. The van der Waals surface area contributed by atoms with Crippen molar-refractivity contribution in [3.05, 3.63) is 52.3 Å². The van der Waals surface area contributed by atoms with Crippen LogP contribution < -0.4 is 11.1 Å². The monoisotopic (exact) mass is 291 g/mol. The molecule has 2 aromatic rings. The van der Waals surface area contributed by atoms with Gasteiger partial charge in [-0.3, -0.25) is 4.98 Å². The number of benzene rings is 1. The fourth-order valence-corrected chi connectivity index (χ4v) is 1.96. The van der Waals surface area contributed by atoms with Gasteiger partial charge >= 0.3 is 0 Å². The van der Waals surface area contributed by atoms with Crippen molar-refractivity contribution in [3.63, 3.8) is 0 Å². The van der Waals surface area contributed by atoms with E-state index in [1.165, 1.54) is 5.56 Å². The predicted octanol–water partition coefficient (Wildman–Crippen LogP) is 3.35. The van der Waals surface area contributed by atoms with Gasteiger partial charge in [0.25, 0.3) is 0 Å². The van der Waals surface area contributed by atoms with Gasteiger partial charge in [-0.2, -0.15) is 0 Å². The Hall–Kier alpha value is -1.55. The lowest BCUT2D eigenvalue weighted by Gasteiger charge is -2.10. The smallest absolute Gasteiger partial charge is 0.0623 e. The van der Waals surface area contributed by atoms with E-state index in [1.807, 2.05) is 24.3 Å². The van der Waals surface area contributed by atoms with E-state index < -0.39 is 0 Å². The van der Waals surface area contributed by atoms with Gasteiger partial charge in [-0.05, 0) is 36.8 Å². The highest BCUT2D eigenvalue weighted by Gasteiger charge is 2.02. The zero-order valence-electron chi connectivity index (χ0n) is 9.57. The molecule has 0 saturated heterocycles. The molecule has 2 rings (SSSR count). The number of nitrogens with two attached hydrogens (primary N) is 1. The number of nitrogens with one attached hydrogen (secondary N) is 1. The van der Waals surface area contributed by atoms with Crippen molar-refractivity contribution < 1.29 is 0 Å². The van der Waals surface area contributed by atoms with Gasteiger partial charge in [-0.25, -0.2) is 0 Å². The Morgan fingerprint density at radius 1 is 1.35 bits per heavy atom. The third kappa shape index (κ3) is 2.97. The normalized spacial score (nSPS) is 10.2. The van der Waals surface area contributed by atoms with E-state index in [2.05, 4.69) is 39.2 Å². The fraction of sp³-hybridized carbons (Fsp3) is 0.154. The van der Waals surface area contributed by atoms with E-state index in [-0.39, 0.29) is 0 Å². The molecular weight excluding hydrogens is 278 g/mol. The molecule has 1 aromatic carbocycles. The van der Waals surface area contributed by atoms with E-state index in [0.29, 0.717) is 6.54 Å². The predicted molar refractivity (Wildman–Crippen MR) is 74.9 cm³/mol. The molecule has 1 heterocycles. The molecule has 0 amide bonds. The zero-order valence-corrected chi connectivity index (χ0v) is 11.2. The SMILES string of the molecule is Cc1cccnc1CNc1ccc(Br)cc1N. The van der Waals surface area contributed by atoms with Crippen LogP contribution in [0, 0.1) is 6.92 Å². The molecule has 3 nitrogen and oxygen atoms in total. The molecule has 0 fully saturated rings. The molecule has 0 atom stereocenters. The van der Waals surface area contributed by atoms with E-state index in [9.17, 15) is 0 Å². The highest BCUT2D eigenvalue weighted by Crippen LogP contribution is 2.23. The minimum absolute atomic E-state index is 0.679. The largest absolute Gasteiger partial charge is 0.397 e. The summed E-state index contributed by atoms with van der Waals surface area (Å²) in [5, 5.41) is 3.29. The molecule has 0 saturated carbocycles. The lowest BCUT2D eigenvalue weighted by atomic mass is 10.2. The van der Waals surface area contributed by atoms with E-state index in [4.69, 9.17) is 5.73 Å². The quantitative estimate of drug-likeness (QED) is 0.853. The molecule has 3 N–H and O–H groups in total. The summed E-state index contributed by atoms with van der Waals surface area (Å²) in [5.41, 5.74) is 9.78. The molecule has 0 spiro atoms. The Kier molecular flexibility index (Phi) is 3.64. The minimum Gasteiger partial charge on any atom is -0.397 e. The van der Waals surface area contributed by atoms with Crippen LogP contribution in [0.4, 0.5) is 11.4 Å². The zero-order chi connectivity index (χ0) is 12.3. The summed E-state index contributed by atoms with van der Waals surface area (Å²) < 4.78 is 0.981. The summed E-state index contributed by atoms with van der Waals surface area (Å²) in [5.74, 6) is 0. The van der Waals surface area contributed by atoms with Crippen LogP contribution in [0.1, 0.15) is 11.3 Å². The Morgan fingerprint density at radius 2 is 2.18 bits per heavy atom. The van der Waals surface area contributed by atoms with Crippen molar-refractivity contribution in [1.29, 1.82) is 0 Å². The second-order valence-electron chi connectivity index (χ2n) is 3.85. The number of nitrogens with zero attached hydrogens (tertiary/aromatic N) is 1. The lowest BCUT2D eigenvalue weighted by Crippen LogP contribution is -2.05. The summed E-state index contributed by atoms with van der Waals surface area (Å²) in [6.45, 7) is 2.73. The van der Waals surface area contributed by atoms with Crippen molar-refractivity contribution in [2.45, 2.75) is 13.5 Å². The summed E-state index contributed by atoms with van der Waals surface area (Å²) in [7, 11) is 0. The first kappa shape index (κ1) is 11.9. The molecule has 0 unspecified atom stereocenters. The van der Waals surface area contributed by atoms with Gasteiger partial charge in [0, 0.05) is 10.7 Å². The second-order valence-corrected chi connectivity index (χ2v) is 4.77. The summed E-state index contributed by atoms with van der Waals surface area (Å²) >= 11 is 3.38. The fourth-order valence-electron chi connectivity index (χ4n) is 1.58. The first-order valence-corrected chi connectivity index (χ1v) is 6.15. The average Bonchev–Trinajstić information content (AvgIpc) is 2.30. The highest BCUT2D eigenvalue weighted by molar-refractivity contribution is 9.10. The number of anilines is 2. The van der Waals surface area contributed by atoms with E-state index in [1.54, 1.807) is 6.20 Å². The number of aryl methyl sites for hydroxylation is 1. The van der Waals surface area contributed by atoms with Crippen LogP contribution >= 0.6 is 15.9 Å². The number of aromatic nitrogens is 1. The molecule has 0 aliphatic rings. The Labute approximate surface area is 109 Å². The van der Waals surface area contributed by atoms with Crippen molar-refractivity contribution in [3.8, 4) is 0 Å². The van der Waals surface area contributed by atoms with E-state index >= 15 is 0 Å². The Bertz CT molecular complexity index is 526. The van der Waals surface area contributed by atoms with Crippen molar-refractivity contribution >= 4 is 27.3 Å². The van der Waals surface area contributed by atoms with Crippen LogP contribution in [0.3, 0.4) is 0 Å². The standard InChI is InChI=1S/C13H14BrN3/c1-9-3-2-6-16-13(9)8-17-12-5-4-10(14)7-11(12)15/h2-7,17H,8,15H2,1H3. The number of pyridine rings is 1. The van der Waals surface area contributed by atoms with Gasteiger partial charge in [-0.15, -0.1) is 0 Å². The maximum atomic E-state index is 5.91. The van der Waals surface area contributed by atoms with Crippen LogP contribution in [0.15, 0.2) is 41.0 Å². The van der Waals surface area contributed by atoms with Gasteiger partial charge in [0.05, 0.1) is 23.6 Å². The molecule has 1 aromatic heterocycles. The van der Waals surface area contributed by atoms with Crippen LogP contribution in [0.2, 0.25) is 0 Å². The summed E-state index contributed by atoms with van der Waals surface area (Å²) in [6.07, 6.45) is 1.80. The van der Waals surface area contributed by atoms with Crippen molar-refractivity contribution in [1.82, 2.24) is 4.98 Å². The minimum atomic E-state index is 0.679. The third-order valence-electron chi connectivity index (χ3n) is 2.58. The maximum absolute atomic E-state index is 5.91. The Balaban J connectivity index is 2.10. The van der Waals surface area contributed by atoms with E-state index in [0.717, 1.165) is 21.5 Å². The first-order valence-electron chi connectivity index (χ1n) is 5.36.